The van der Waals surface area contributed by atoms with E-state index < -0.39 is 5.82 Å². The van der Waals surface area contributed by atoms with Gasteiger partial charge in [0, 0.05) is 23.0 Å². The summed E-state index contributed by atoms with van der Waals surface area (Å²) < 4.78 is 13.9. The molecule has 0 bridgehead atoms. The molecule has 1 atom stereocenters. The molecule has 6 nitrogen and oxygen atoms in total. The molecule has 0 spiro atoms. The third-order valence-corrected chi connectivity index (χ3v) is 5.80. The number of amides is 1. The number of nitrogens with one attached hydrogen (secondary N) is 2. The maximum Gasteiger partial charge on any atom is 0.275 e. The molecular formula is C22H28FN5OS. The molecule has 1 aromatic carbocycles. The first-order chi connectivity index (χ1) is 14.5. The third kappa shape index (κ3) is 5.73. The Labute approximate surface area is 180 Å². The van der Waals surface area contributed by atoms with Crippen LogP contribution in [-0.2, 0) is 0 Å². The van der Waals surface area contributed by atoms with Crippen LogP contribution in [0.1, 0.15) is 44.1 Å². The van der Waals surface area contributed by atoms with Gasteiger partial charge in [0.05, 0.1) is 11.2 Å². The monoisotopic (exact) mass is 429 g/mol. The Balaban J connectivity index is 1.59. The van der Waals surface area contributed by atoms with Gasteiger partial charge in [-0.3, -0.25) is 9.78 Å². The van der Waals surface area contributed by atoms with Crippen LogP contribution in [0.4, 0.5) is 15.2 Å². The predicted molar refractivity (Wildman–Crippen MR) is 122 cm³/mol. The largest absolute Gasteiger partial charge is 0.359 e. The van der Waals surface area contributed by atoms with Crippen LogP contribution < -0.4 is 10.6 Å². The number of benzene rings is 1. The second kappa shape index (κ2) is 10.4. The standard InChI is InChI=1S/C22H28FN5OS/c1-4-28(5-2)11-7-8-15(3)25-22-27-19(14-30-22)21(29)26-18-13-17(23)12-16-9-6-10-24-20(16)18/h6,9-10,12-15H,4-5,7-8,11H2,1-3H3,(H,25,27)(H,26,29). The van der Waals surface area contributed by atoms with E-state index in [0.717, 1.165) is 32.5 Å². The van der Waals surface area contributed by atoms with Crippen molar-refractivity contribution in [3.8, 4) is 0 Å². The van der Waals surface area contributed by atoms with Crippen molar-refractivity contribution >= 4 is 39.0 Å². The smallest absolute Gasteiger partial charge is 0.275 e. The summed E-state index contributed by atoms with van der Waals surface area (Å²) in [5.74, 6) is -0.809. The Hall–Kier alpha value is -2.58. The Morgan fingerprint density at radius 2 is 2.10 bits per heavy atom. The van der Waals surface area contributed by atoms with E-state index in [9.17, 15) is 9.18 Å². The van der Waals surface area contributed by atoms with Crippen molar-refractivity contribution in [3.63, 3.8) is 0 Å². The van der Waals surface area contributed by atoms with Crippen molar-refractivity contribution in [2.75, 3.05) is 30.3 Å². The number of carbonyl (C=O) groups is 1. The zero-order chi connectivity index (χ0) is 21.5. The lowest BCUT2D eigenvalue weighted by Crippen LogP contribution is -2.25. The number of fused-ring (bicyclic) bond motifs is 1. The van der Waals surface area contributed by atoms with Gasteiger partial charge >= 0.3 is 0 Å². The normalized spacial score (nSPS) is 12.3. The molecule has 0 fully saturated rings. The van der Waals surface area contributed by atoms with E-state index in [0.29, 0.717) is 27.4 Å². The van der Waals surface area contributed by atoms with Crippen molar-refractivity contribution in [2.24, 2.45) is 0 Å². The molecule has 3 aromatic rings. The molecular weight excluding hydrogens is 401 g/mol. The Kier molecular flexibility index (Phi) is 7.70. The molecule has 8 heteroatoms. The van der Waals surface area contributed by atoms with E-state index in [1.165, 1.54) is 23.5 Å². The maximum atomic E-state index is 13.9. The van der Waals surface area contributed by atoms with Crippen LogP contribution in [0.2, 0.25) is 0 Å². The van der Waals surface area contributed by atoms with Gasteiger partial charge < -0.3 is 15.5 Å². The second-order valence-electron chi connectivity index (χ2n) is 7.23. The number of thiazole rings is 1. The van der Waals surface area contributed by atoms with Crippen LogP contribution in [0.3, 0.4) is 0 Å². The summed E-state index contributed by atoms with van der Waals surface area (Å²) in [7, 11) is 0. The molecule has 0 aliphatic carbocycles. The molecule has 0 saturated carbocycles. The van der Waals surface area contributed by atoms with Gasteiger partial charge in [-0.15, -0.1) is 11.3 Å². The molecule has 0 saturated heterocycles. The Morgan fingerprint density at radius 3 is 2.87 bits per heavy atom. The number of hydrogen-bond donors (Lipinski definition) is 2. The highest BCUT2D eigenvalue weighted by Crippen LogP contribution is 2.24. The highest BCUT2D eigenvalue weighted by molar-refractivity contribution is 7.13. The van der Waals surface area contributed by atoms with Crippen LogP contribution in [0.25, 0.3) is 10.9 Å². The highest BCUT2D eigenvalue weighted by atomic mass is 32.1. The number of carbonyl (C=O) groups excluding carboxylic acids is 1. The van der Waals surface area contributed by atoms with E-state index >= 15 is 0 Å². The van der Waals surface area contributed by atoms with Crippen molar-refractivity contribution in [1.29, 1.82) is 0 Å². The number of pyridine rings is 1. The second-order valence-corrected chi connectivity index (χ2v) is 8.09. The Morgan fingerprint density at radius 1 is 1.30 bits per heavy atom. The van der Waals surface area contributed by atoms with Crippen molar-refractivity contribution < 1.29 is 9.18 Å². The molecule has 0 aliphatic rings. The van der Waals surface area contributed by atoms with Gasteiger partial charge in [0.25, 0.3) is 5.91 Å². The minimum absolute atomic E-state index is 0.263. The number of nitrogens with zero attached hydrogens (tertiary/aromatic N) is 3. The van der Waals surface area contributed by atoms with E-state index in [1.54, 1.807) is 23.7 Å². The number of anilines is 2. The molecule has 2 heterocycles. The van der Waals surface area contributed by atoms with Crippen molar-refractivity contribution in [2.45, 2.75) is 39.7 Å². The van der Waals surface area contributed by atoms with E-state index in [-0.39, 0.29) is 11.9 Å². The summed E-state index contributed by atoms with van der Waals surface area (Å²) in [5.41, 5.74) is 1.18. The molecule has 30 heavy (non-hydrogen) atoms. The van der Waals surface area contributed by atoms with Gasteiger partial charge in [-0.25, -0.2) is 9.37 Å². The molecule has 2 aromatic heterocycles. The SMILES string of the molecule is CCN(CC)CCCC(C)Nc1nc(C(=O)Nc2cc(F)cc3cccnc23)cs1. The predicted octanol–water partition coefficient (Wildman–Crippen LogP) is 5.01. The zero-order valence-corrected chi connectivity index (χ0v) is 18.4. The number of aromatic nitrogens is 2. The van der Waals surface area contributed by atoms with Crippen LogP contribution in [-0.4, -0.2) is 46.5 Å². The fraction of sp³-hybridized carbons (Fsp3) is 0.409. The lowest BCUT2D eigenvalue weighted by Gasteiger charge is -2.19. The molecule has 1 amide bonds. The summed E-state index contributed by atoms with van der Waals surface area (Å²) in [4.78, 5) is 23.7. The van der Waals surface area contributed by atoms with E-state index in [2.05, 4.69) is 46.3 Å². The first-order valence-corrected chi connectivity index (χ1v) is 11.2. The molecule has 1 unspecified atom stereocenters. The fourth-order valence-corrected chi connectivity index (χ4v) is 4.13. The van der Waals surface area contributed by atoms with E-state index in [4.69, 9.17) is 0 Å². The summed E-state index contributed by atoms with van der Waals surface area (Å²) in [5, 5.41) is 9.15. The van der Waals surface area contributed by atoms with E-state index in [1.807, 2.05) is 0 Å². The average molecular weight is 430 g/mol. The number of hydrogen-bond acceptors (Lipinski definition) is 6. The average Bonchev–Trinajstić information content (AvgIpc) is 3.19. The fourth-order valence-electron chi connectivity index (χ4n) is 3.33. The summed E-state index contributed by atoms with van der Waals surface area (Å²) >= 11 is 1.39. The maximum absolute atomic E-state index is 13.9. The minimum Gasteiger partial charge on any atom is -0.359 e. The summed E-state index contributed by atoms with van der Waals surface area (Å²) in [6, 6.07) is 6.42. The molecule has 0 aliphatic heterocycles. The van der Waals surface area contributed by atoms with Crippen LogP contribution >= 0.6 is 11.3 Å². The highest BCUT2D eigenvalue weighted by Gasteiger charge is 2.15. The molecule has 160 valence electrons. The first kappa shape index (κ1) is 22.1. The lowest BCUT2D eigenvalue weighted by molar-refractivity contribution is 0.102. The molecule has 3 rings (SSSR count). The van der Waals surface area contributed by atoms with Crippen LogP contribution in [0.15, 0.2) is 35.8 Å². The Bertz CT molecular complexity index is 989. The van der Waals surface area contributed by atoms with Gasteiger partial charge in [-0.2, -0.15) is 0 Å². The van der Waals surface area contributed by atoms with Gasteiger partial charge in [-0.05, 0) is 57.6 Å². The van der Waals surface area contributed by atoms with Gasteiger partial charge in [-0.1, -0.05) is 19.9 Å². The topological polar surface area (TPSA) is 70.2 Å². The molecule has 0 radical (unpaired) electrons. The van der Waals surface area contributed by atoms with Crippen molar-refractivity contribution in [1.82, 2.24) is 14.9 Å². The molecule has 2 N–H and O–H groups in total. The van der Waals surface area contributed by atoms with Crippen LogP contribution in [0.5, 0.6) is 0 Å². The minimum atomic E-state index is -0.426. The third-order valence-electron chi connectivity index (χ3n) is 5.03. The quantitative estimate of drug-likeness (QED) is 0.474. The van der Waals surface area contributed by atoms with Crippen LogP contribution in [0, 0.1) is 5.82 Å². The number of rotatable bonds is 10. The zero-order valence-electron chi connectivity index (χ0n) is 17.6. The van der Waals surface area contributed by atoms with Gasteiger partial charge in [0.15, 0.2) is 5.13 Å². The lowest BCUT2D eigenvalue weighted by atomic mass is 10.2. The summed E-state index contributed by atoms with van der Waals surface area (Å²) in [6.45, 7) is 9.69. The van der Waals surface area contributed by atoms with Gasteiger partial charge in [0.2, 0.25) is 0 Å². The van der Waals surface area contributed by atoms with Crippen molar-refractivity contribution in [3.05, 3.63) is 47.4 Å². The first-order valence-electron chi connectivity index (χ1n) is 10.3. The van der Waals surface area contributed by atoms with Gasteiger partial charge in [0.1, 0.15) is 11.5 Å². The number of halogens is 1. The summed E-state index contributed by atoms with van der Waals surface area (Å²) in [6.07, 6.45) is 3.75.